The Morgan fingerprint density at radius 3 is 1.41 bits per heavy atom. The number of allylic oxidation sites excluding steroid dienone is 15. The van der Waals surface area contributed by atoms with Crippen molar-refractivity contribution in [1.82, 2.24) is 5.32 Å². The molecule has 0 radical (unpaired) electrons. The van der Waals surface area contributed by atoms with E-state index < -0.39 is 67.4 Å². The van der Waals surface area contributed by atoms with Crippen molar-refractivity contribution in [2.45, 2.75) is 301 Å². The second kappa shape index (κ2) is 54.2. The smallest absolute Gasteiger partial charge is 0.306 e. The van der Waals surface area contributed by atoms with Crippen molar-refractivity contribution in [2.24, 2.45) is 0 Å². The van der Waals surface area contributed by atoms with E-state index in [1.165, 1.54) is 89.9 Å². The molecule has 6 N–H and O–H groups in total. The van der Waals surface area contributed by atoms with Gasteiger partial charge < -0.3 is 45.1 Å². The Bertz CT molecular complexity index is 1630. The summed E-state index contributed by atoms with van der Waals surface area (Å²) in [5.41, 5.74) is 0. The molecule has 1 amide bonds. The highest BCUT2D eigenvalue weighted by Gasteiger charge is 2.47. The molecule has 1 rings (SSSR count). The van der Waals surface area contributed by atoms with Crippen LogP contribution in [-0.2, 0) is 23.8 Å². The Balaban J connectivity index is 2.68. The Labute approximate surface area is 475 Å². The maximum Gasteiger partial charge on any atom is 0.306 e. The molecule has 1 heterocycles. The van der Waals surface area contributed by atoms with Gasteiger partial charge in [-0.1, -0.05) is 240 Å². The minimum atomic E-state index is -1.63. The van der Waals surface area contributed by atoms with Crippen LogP contribution in [0.15, 0.2) is 97.2 Å². The first-order valence-corrected chi connectivity index (χ1v) is 31.5. The van der Waals surface area contributed by atoms with E-state index in [1.54, 1.807) is 6.08 Å². The molecule has 78 heavy (non-hydrogen) atoms. The number of carbonyl (C=O) groups is 2. The number of carbonyl (C=O) groups excluding carboxylic acids is 2. The normalized spacial score (nSPS) is 19.6. The third kappa shape index (κ3) is 41.6. The maximum atomic E-state index is 13.4. The third-order valence-corrected chi connectivity index (χ3v) is 14.2. The van der Waals surface area contributed by atoms with Crippen molar-refractivity contribution in [3.63, 3.8) is 0 Å². The minimum absolute atomic E-state index is 0.0887. The average Bonchev–Trinajstić information content (AvgIpc) is 3.45. The molecular formula is C67H115NO10. The van der Waals surface area contributed by atoms with Gasteiger partial charge in [0.25, 0.3) is 0 Å². The maximum absolute atomic E-state index is 13.4. The van der Waals surface area contributed by atoms with Crippen molar-refractivity contribution in [3.05, 3.63) is 97.2 Å². The Hall–Kier alpha value is -3.42. The lowest BCUT2D eigenvalue weighted by Crippen LogP contribution is -2.61. The molecule has 448 valence electrons. The second-order valence-corrected chi connectivity index (χ2v) is 21.4. The number of aliphatic hydroxyl groups is 5. The summed E-state index contributed by atoms with van der Waals surface area (Å²) in [7, 11) is 0. The number of unbranched alkanes of at least 4 members (excludes halogenated alkanes) is 24. The molecule has 1 saturated heterocycles. The van der Waals surface area contributed by atoms with Gasteiger partial charge in [-0.2, -0.15) is 0 Å². The molecule has 0 aromatic rings. The van der Waals surface area contributed by atoms with E-state index in [0.717, 1.165) is 116 Å². The van der Waals surface area contributed by atoms with Crippen LogP contribution in [0.3, 0.4) is 0 Å². The van der Waals surface area contributed by atoms with Crippen molar-refractivity contribution >= 4 is 11.9 Å². The summed E-state index contributed by atoms with van der Waals surface area (Å²) in [5, 5.41) is 57.0. The summed E-state index contributed by atoms with van der Waals surface area (Å²) < 4.78 is 17.6. The summed E-state index contributed by atoms with van der Waals surface area (Å²) in [6.07, 6.45) is 61.5. The molecule has 0 spiro atoms. The van der Waals surface area contributed by atoms with E-state index in [1.807, 2.05) is 6.08 Å². The van der Waals surface area contributed by atoms with Crippen molar-refractivity contribution in [2.75, 3.05) is 13.2 Å². The number of hydrogen-bond donors (Lipinski definition) is 6. The summed E-state index contributed by atoms with van der Waals surface area (Å²) in [5.74, 6) is -1.23. The number of esters is 1. The van der Waals surface area contributed by atoms with Gasteiger partial charge in [0, 0.05) is 6.42 Å². The van der Waals surface area contributed by atoms with Gasteiger partial charge in [0.05, 0.1) is 25.4 Å². The SMILES string of the molecule is CC/C=C\C/C=C\C/C=C\C/C=C\C/C=C\C/C=C\CCCCCCC(=O)OC1C(OCC(NC(=O)C(O)CCCCCCCC/C=C\CCCCCC)C(O)/C=C/CCCCCCCCCCCC)OC(CO)C(O)C1O. The monoisotopic (exact) mass is 1090 g/mol. The first-order valence-electron chi connectivity index (χ1n) is 31.5. The van der Waals surface area contributed by atoms with Crippen LogP contribution < -0.4 is 5.32 Å². The molecule has 8 unspecified atom stereocenters. The lowest BCUT2D eigenvalue weighted by atomic mass is 9.99. The van der Waals surface area contributed by atoms with E-state index in [9.17, 15) is 35.1 Å². The number of hydrogen-bond acceptors (Lipinski definition) is 10. The molecule has 1 aliphatic heterocycles. The summed E-state index contributed by atoms with van der Waals surface area (Å²) in [4.78, 5) is 26.5. The Morgan fingerprint density at radius 2 is 0.923 bits per heavy atom. The fraction of sp³-hybridized carbons (Fsp3) is 0.731. The number of rotatable bonds is 52. The first-order chi connectivity index (χ1) is 38.2. The largest absolute Gasteiger partial charge is 0.454 e. The first kappa shape index (κ1) is 72.6. The fourth-order valence-electron chi connectivity index (χ4n) is 9.24. The predicted molar refractivity (Wildman–Crippen MR) is 324 cm³/mol. The fourth-order valence-corrected chi connectivity index (χ4v) is 9.24. The van der Waals surface area contributed by atoms with Gasteiger partial charge in [0.2, 0.25) is 5.91 Å². The van der Waals surface area contributed by atoms with Gasteiger partial charge in [0.1, 0.15) is 24.4 Å². The average molecular weight is 1090 g/mol. The zero-order valence-electron chi connectivity index (χ0n) is 49.5. The van der Waals surface area contributed by atoms with E-state index in [-0.39, 0.29) is 19.4 Å². The van der Waals surface area contributed by atoms with Crippen molar-refractivity contribution < 1.29 is 49.3 Å². The van der Waals surface area contributed by atoms with E-state index in [0.29, 0.717) is 12.8 Å². The molecule has 8 atom stereocenters. The van der Waals surface area contributed by atoms with Crippen LogP contribution >= 0.6 is 0 Å². The summed E-state index contributed by atoms with van der Waals surface area (Å²) in [6.45, 7) is 5.64. The zero-order valence-corrected chi connectivity index (χ0v) is 49.5. The molecule has 0 saturated carbocycles. The molecule has 0 aliphatic carbocycles. The molecule has 11 nitrogen and oxygen atoms in total. The molecular weight excluding hydrogens is 979 g/mol. The van der Waals surface area contributed by atoms with Gasteiger partial charge in [-0.3, -0.25) is 9.59 Å². The van der Waals surface area contributed by atoms with Crippen LogP contribution in [-0.4, -0.2) is 99.6 Å². The van der Waals surface area contributed by atoms with Gasteiger partial charge in [0.15, 0.2) is 12.4 Å². The molecule has 11 heteroatoms. The van der Waals surface area contributed by atoms with Gasteiger partial charge >= 0.3 is 5.97 Å². The van der Waals surface area contributed by atoms with Crippen LogP contribution in [0.5, 0.6) is 0 Å². The number of nitrogens with one attached hydrogen (secondary N) is 1. The number of aliphatic hydroxyl groups excluding tert-OH is 5. The number of amides is 1. The predicted octanol–water partition coefficient (Wildman–Crippen LogP) is 15.1. The van der Waals surface area contributed by atoms with E-state index >= 15 is 0 Å². The quantitative estimate of drug-likeness (QED) is 0.0195. The standard InChI is InChI=1S/C67H115NO10/c1-4-7-10-13-16-19-22-25-27-28-29-30-31-32-33-34-35-37-40-43-46-49-52-55-62(72)78-65-64(74)63(73)61(56-69)77-67(65)76-57-58(59(70)53-50-47-44-41-38-24-21-18-15-12-9-6-3)68-66(75)60(71)54-51-48-45-42-39-36-26-23-20-17-14-11-8-5-2/h7,10,16,19-20,23,25,27,29-30,32-33,35,37,50,53,58-61,63-65,67,69-71,73-74H,4-6,8-9,11-15,17-18,21-22,24,26,28,31,34,36,38-49,51-52,54-57H2,1-3H3,(H,68,75)/b10-7-,19-16-,23-20-,27-25-,30-29-,33-32-,37-35-,53-50+. The van der Waals surface area contributed by atoms with Gasteiger partial charge in [-0.05, 0) is 103 Å². The van der Waals surface area contributed by atoms with Crippen LogP contribution in [0, 0.1) is 0 Å². The molecule has 1 fully saturated rings. The highest BCUT2D eigenvalue weighted by atomic mass is 16.7. The third-order valence-electron chi connectivity index (χ3n) is 14.2. The van der Waals surface area contributed by atoms with Crippen molar-refractivity contribution in [3.8, 4) is 0 Å². The lowest BCUT2D eigenvalue weighted by Gasteiger charge is -2.41. The van der Waals surface area contributed by atoms with E-state index in [2.05, 4.69) is 111 Å². The summed E-state index contributed by atoms with van der Waals surface area (Å²) in [6, 6.07) is -1.04. The highest BCUT2D eigenvalue weighted by molar-refractivity contribution is 5.80. The van der Waals surface area contributed by atoms with Gasteiger partial charge in [-0.25, -0.2) is 0 Å². The summed E-state index contributed by atoms with van der Waals surface area (Å²) >= 11 is 0. The molecule has 0 aromatic heterocycles. The zero-order chi connectivity index (χ0) is 56.8. The van der Waals surface area contributed by atoms with Gasteiger partial charge in [-0.15, -0.1) is 0 Å². The highest BCUT2D eigenvalue weighted by Crippen LogP contribution is 2.26. The van der Waals surface area contributed by atoms with E-state index in [4.69, 9.17) is 14.2 Å². The second-order valence-electron chi connectivity index (χ2n) is 21.4. The van der Waals surface area contributed by atoms with Crippen LogP contribution in [0.4, 0.5) is 0 Å². The van der Waals surface area contributed by atoms with Crippen LogP contribution in [0.25, 0.3) is 0 Å². The molecule has 0 aromatic carbocycles. The lowest BCUT2D eigenvalue weighted by molar-refractivity contribution is -0.305. The number of ether oxygens (including phenoxy) is 3. The Kier molecular flexibility index (Phi) is 50.4. The molecule has 0 bridgehead atoms. The topological polar surface area (TPSA) is 175 Å². The van der Waals surface area contributed by atoms with Crippen molar-refractivity contribution in [1.29, 1.82) is 0 Å². The minimum Gasteiger partial charge on any atom is -0.454 e. The Morgan fingerprint density at radius 1 is 0.513 bits per heavy atom. The van der Waals surface area contributed by atoms with Crippen LogP contribution in [0.1, 0.15) is 252 Å². The van der Waals surface area contributed by atoms with Crippen LogP contribution in [0.2, 0.25) is 0 Å². The molecule has 1 aliphatic rings.